The molecule has 8 rings (SSSR count). The van der Waals surface area contributed by atoms with Crippen LogP contribution in [-0.4, -0.2) is 85.5 Å². The van der Waals surface area contributed by atoms with Crippen LogP contribution in [0.4, 0.5) is 40.3 Å². The van der Waals surface area contributed by atoms with Crippen molar-refractivity contribution in [3.8, 4) is 11.5 Å². The average molecular weight is 1160 g/mol. The molecule has 0 bridgehead atoms. The van der Waals surface area contributed by atoms with Gasteiger partial charge in [0.1, 0.15) is 21.5 Å². The molecule has 2 aliphatic rings. The van der Waals surface area contributed by atoms with Crippen LogP contribution in [0.2, 0.25) is 15.3 Å². The predicted octanol–water partition coefficient (Wildman–Crippen LogP) is 12.9. The Hall–Kier alpha value is -5.47. The monoisotopic (exact) mass is 1160 g/mol. The fourth-order valence-electron chi connectivity index (χ4n) is 7.99. The van der Waals surface area contributed by atoms with Crippen LogP contribution in [0, 0.1) is 13.8 Å². The quantitative estimate of drug-likeness (QED) is 0.0391. The highest BCUT2D eigenvalue weighted by molar-refractivity contribution is 7.92. The van der Waals surface area contributed by atoms with E-state index in [-0.39, 0.29) is 92.4 Å². The van der Waals surface area contributed by atoms with Gasteiger partial charge >= 0.3 is 0 Å². The Morgan fingerprint density at radius 1 is 0.597 bits per heavy atom. The van der Waals surface area contributed by atoms with Gasteiger partial charge in [-0.3, -0.25) is 0 Å². The van der Waals surface area contributed by atoms with E-state index in [2.05, 4.69) is 46.5 Å². The Bertz CT molecular complexity index is 3560. The number of aromatic nitrogens is 4. The van der Waals surface area contributed by atoms with Gasteiger partial charge in [-0.25, -0.2) is 26.8 Å². The lowest BCUT2D eigenvalue weighted by atomic mass is 9.87. The minimum absolute atomic E-state index is 0.0104. The summed E-state index contributed by atoms with van der Waals surface area (Å²) in [4.78, 5) is 16.8. The fraction of sp³-hybridized carbons (Fsp3) is 0.429. The van der Waals surface area contributed by atoms with Gasteiger partial charge < -0.3 is 41.8 Å². The molecule has 0 aliphatic carbocycles. The van der Waals surface area contributed by atoms with Gasteiger partial charge in [-0.15, -0.1) is 0 Å². The zero-order valence-corrected chi connectivity index (χ0v) is 48.5. The number of nitrogens with one attached hydrogen (secondary N) is 5. The number of nitrogen functional groups attached to an aromatic ring is 1. The lowest BCUT2D eigenvalue weighted by molar-refractivity contribution is 0.243. The molecule has 2 saturated heterocycles. The second-order valence-corrected chi connectivity index (χ2v) is 25.3. The van der Waals surface area contributed by atoms with Crippen LogP contribution in [0.25, 0.3) is 0 Å². The fourth-order valence-corrected chi connectivity index (χ4v) is 10.8. The Labute approximate surface area is 481 Å². The number of nitrogens with two attached hydrogens (primary N) is 1. The maximum Gasteiger partial charge on any atom is 0.229 e. The Morgan fingerprint density at radius 2 is 1.03 bits per heavy atom. The number of sulfone groups is 2. The summed E-state index contributed by atoms with van der Waals surface area (Å²) in [5.74, 6) is 1.11. The number of rotatable bonds is 16. The molecule has 6 aromatic rings. The SMILES string of the molecule is CC(C)S(=O)(=O)c1ccccc1Nc1nc(Cl)ncc1Cl.[2H]C1([2H])CC(c2cc(OC(C)C)c(N)cc2C)CC([2H])([2H])N1.[2H]C1([2H])CC(c2cc(OC(C)C)c(Nc3ncc(Cl)c(Nc4ccccc4S(=O)(=O)C(C)C)n3)cc2C)CC([2H])([2H])N1. The number of hydrogen-bond donors (Lipinski definition) is 6. The number of anilines is 7. The van der Waals surface area contributed by atoms with Crippen molar-refractivity contribution < 1.29 is 37.3 Å². The number of ether oxygens (including phenoxy) is 2. The normalized spacial score (nSPS) is 18.6. The summed E-state index contributed by atoms with van der Waals surface area (Å²) in [5, 5.41) is 13.3. The van der Waals surface area contributed by atoms with Crippen molar-refractivity contribution in [1.29, 1.82) is 0 Å². The van der Waals surface area contributed by atoms with E-state index in [0.717, 1.165) is 22.3 Å². The van der Waals surface area contributed by atoms with Gasteiger partial charge in [-0.2, -0.15) is 9.97 Å². The van der Waals surface area contributed by atoms with Crippen molar-refractivity contribution in [2.75, 3.05) is 47.7 Å². The number of aryl methyl sites for hydroxylation is 2. The lowest BCUT2D eigenvalue weighted by Crippen LogP contribution is -2.27. The van der Waals surface area contributed by atoms with Crippen LogP contribution in [0.5, 0.6) is 11.5 Å². The topological polar surface area (TPSA) is 224 Å². The number of halogens is 3. The summed E-state index contributed by atoms with van der Waals surface area (Å²) in [6, 6.07) is 20.4. The number of piperidine rings is 2. The van der Waals surface area contributed by atoms with Crippen molar-refractivity contribution in [2.45, 2.75) is 139 Å². The Balaban J connectivity index is 0.000000226. The molecular weight excluding hydrogens is 1080 g/mol. The minimum atomic E-state index is -3.58. The molecule has 0 amide bonds. The molecule has 2 fully saturated rings. The molecule has 2 aromatic heterocycles. The number of nitrogens with zero attached hydrogens (tertiary/aromatic N) is 4. The van der Waals surface area contributed by atoms with E-state index in [0.29, 0.717) is 34.2 Å². The van der Waals surface area contributed by atoms with Crippen LogP contribution >= 0.6 is 34.8 Å². The summed E-state index contributed by atoms with van der Waals surface area (Å²) in [5.41, 5.74) is 11.3. The molecule has 4 aromatic carbocycles. The largest absolute Gasteiger partial charge is 0.489 e. The van der Waals surface area contributed by atoms with Crippen LogP contribution in [0.3, 0.4) is 0 Å². The third kappa shape index (κ3) is 16.3. The second kappa shape index (κ2) is 27.4. The van der Waals surface area contributed by atoms with Gasteiger partial charge in [-0.1, -0.05) is 47.5 Å². The highest BCUT2D eigenvalue weighted by Crippen LogP contribution is 2.39. The van der Waals surface area contributed by atoms with E-state index < -0.39 is 56.2 Å². The maximum absolute atomic E-state index is 12.9. The third-order valence-electron chi connectivity index (χ3n) is 12.0. The first-order chi connectivity index (χ1) is 39.3. The maximum atomic E-state index is 12.9. The van der Waals surface area contributed by atoms with E-state index in [9.17, 15) is 16.8 Å². The summed E-state index contributed by atoms with van der Waals surface area (Å²) in [6.45, 7) is 10.7. The van der Waals surface area contributed by atoms with Gasteiger partial charge in [0, 0.05) is 11.0 Å². The number of hydrogen-bond acceptors (Lipinski definition) is 16. The molecule has 16 nitrogen and oxygen atoms in total. The predicted molar refractivity (Wildman–Crippen MR) is 314 cm³/mol. The van der Waals surface area contributed by atoms with Crippen molar-refractivity contribution in [2.24, 2.45) is 0 Å². The molecule has 4 heterocycles. The lowest BCUT2D eigenvalue weighted by Gasteiger charge is -2.26. The van der Waals surface area contributed by atoms with Crippen molar-refractivity contribution in [3.63, 3.8) is 0 Å². The summed E-state index contributed by atoms with van der Waals surface area (Å²) in [6.07, 6.45) is 3.23. The number of benzene rings is 4. The summed E-state index contributed by atoms with van der Waals surface area (Å²) < 4.78 is 127. The average Bonchev–Trinajstić information content (AvgIpc) is 2.84. The van der Waals surface area contributed by atoms with E-state index in [1.54, 1.807) is 64.1 Å². The van der Waals surface area contributed by atoms with Crippen LogP contribution < -0.4 is 41.8 Å². The minimum Gasteiger partial charge on any atom is -0.489 e. The van der Waals surface area contributed by atoms with E-state index in [1.165, 1.54) is 24.5 Å². The van der Waals surface area contributed by atoms with Crippen molar-refractivity contribution in [1.82, 2.24) is 30.6 Å². The van der Waals surface area contributed by atoms with Crippen molar-refractivity contribution in [3.05, 3.63) is 123 Å². The van der Waals surface area contributed by atoms with Gasteiger partial charge in [-0.05, 0) is 215 Å². The summed E-state index contributed by atoms with van der Waals surface area (Å²) >= 11 is 18.1. The standard InChI is InChI=1S/C28H36ClN5O3S.C15H24N2O.C13H13Cl2N3O2S/c1-17(2)37-25-15-21(20-10-12-30-13-11-20)19(5)14-24(25)33-28-31-16-22(29)27(34-28)32-23-8-6-7-9-26(23)38(35,36)18(3)4;1-10(2)18-15-9-13(11(3)8-14(15)16)12-4-6-17-7-5-12;1-8(2)21(19,20)11-6-4-3-5-10(11)17-12-9(14)7-16-13(15)18-12/h6-9,14-18,20,30H,10-13H2,1-5H3,(H2,31,32,33,34);8-10,12,17H,4-7,16H2,1-3H3;3-8H,1-2H3,(H,16,17,18)/i12D2,13D2;6D2,7D2;. The smallest absolute Gasteiger partial charge is 0.229 e. The van der Waals surface area contributed by atoms with E-state index >= 15 is 0 Å². The molecule has 2 aliphatic heterocycles. The molecule has 77 heavy (non-hydrogen) atoms. The molecule has 0 radical (unpaired) electrons. The van der Waals surface area contributed by atoms with Gasteiger partial charge in [0.05, 0.1) is 67.6 Å². The zero-order valence-electron chi connectivity index (χ0n) is 52.6. The van der Waals surface area contributed by atoms with Gasteiger partial charge in [0.25, 0.3) is 0 Å². The first-order valence-electron chi connectivity index (χ1n) is 28.9. The first-order valence-corrected chi connectivity index (χ1v) is 29.2. The van der Waals surface area contributed by atoms with E-state index in [1.807, 2.05) is 65.8 Å². The second-order valence-electron chi connectivity index (χ2n) is 19.2. The van der Waals surface area contributed by atoms with Crippen LogP contribution in [-0.2, 0) is 19.7 Å². The van der Waals surface area contributed by atoms with Crippen LogP contribution in [0.1, 0.15) is 126 Å². The molecule has 21 heteroatoms. The zero-order chi connectivity index (χ0) is 63.4. The molecule has 0 unspecified atom stereocenters. The summed E-state index contributed by atoms with van der Waals surface area (Å²) in [7, 11) is -7.01. The van der Waals surface area contributed by atoms with Crippen LogP contribution in [0.15, 0.2) is 95.0 Å². The highest BCUT2D eigenvalue weighted by Gasteiger charge is 2.26. The van der Waals surface area contributed by atoms with E-state index in [4.69, 9.17) is 61.0 Å². The molecule has 416 valence electrons. The Morgan fingerprint density at radius 3 is 1.51 bits per heavy atom. The molecular formula is C56H73Cl3N10O6S2. The molecule has 0 saturated carbocycles. The molecule has 0 spiro atoms. The molecule has 0 atom stereocenters. The highest BCUT2D eigenvalue weighted by atomic mass is 35.5. The number of para-hydroxylation sites is 2. The first kappa shape index (κ1) is 49.8. The van der Waals surface area contributed by atoms with Gasteiger partial charge in [0.15, 0.2) is 31.3 Å². The molecule has 7 N–H and O–H groups in total. The Kier molecular flexibility index (Phi) is 17.7. The van der Waals surface area contributed by atoms with Gasteiger partial charge in [0.2, 0.25) is 11.2 Å². The van der Waals surface area contributed by atoms with Crippen molar-refractivity contribution >= 4 is 94.8 Å². The third-order valence-corrected chi connectivity index (χ3v) is 17.1.